The molecule has 2 N–H and O–H groups in total. The molecule has 28 heavy (non-hydrogen) atoms. The van der Waals surface area contributed by atoms with Crippen LogP contribution in [0.1, 0.15) is 5.69 Å². The molecule has 0 aliphatic carbocycles. The number of pyridine rings is 1. The third-order valence-corrected chi connectivity index (χ3v) is 5.95. The van der Waals surface area contributed by atoms with Gasteiger partial charge in [-0.1, -0.05) is 65.0 Å². The number of halogens is 1. The largest absolute Gasteiger partial charge is 0.325 e. The van der Waals surface area contributed by atoms with E-state index < -0.39 is 6.03 Å². The van der Waals surface area contributed by atoms with Crippen molar-refractivity contribution < 1.29 is 4.79 Å². The zero-order chi connectivity index (χ0) is 19.3. The van der Waals surface area contributed by atoms with Crippen molar-refractivity contribution in [2.75, 3.05) is 10.6 Å². The van der Waals surface area contributed by atoms with E-state index in [2.05, 4.69) is 31.9 Å². The van der Waals surface area contributed by atoms with Crippen LogP contribution in [0.4, 0.5) is 15.6 Å². The Labute approximate surface area is 174 Å². The molecule has 140 valence electrons. The molecule has 2 heterocycles. The SMILES string of the molecule is O=C(Nc1cccc(Cl)c1)Nc1nnc(SCc2ccc3ccccc3n2)s1. The lowest BCUT2D eigenvalue weighted by Crippen LogP contribution is -2.19. The summed E-state index contributed by atoms with van der Waals surface area (Å²) >= 11 is 8.75. The molecule has 9 heteroatoms. The van der Waals surface area contributed by atoms with Gasteiger partial charge in [0.15, 0.2) is 4.34 Å². The maximum atomic E-state index is 12.1. The smallest absolute Gasteiger partial charge is 0.308 e. The fourth-order valence-electron chi connectivity index (χ4n) is 2.47. The van der Waals surface area contributed by atoms with Crippen LogP contribution < -0.4 is 10.6 Å². The summed E-state index contributed by atoms with van der Waals surface area (Å²) in [5.41, 5.74) is 2.54. The zero-order valence-electron chi connectivity index (χ0n) is 14.4. The molecule has 2 aromatic heterocycles. The van der Waals surface area contributed by atoms with Crippen LogP contribution in [0.15, 0.2) is 65.0 Å². The monoisotopic (exact) mass is 427 g/mol. The van der Waals surface area contributed by atoms with Crippen molar-refractivity contribution in [3.05, 3.63) is 71.4 Å². The quantitative estimate of drug-likeness (QED) is 0.316. The number of para-hydroxylation sites is 1. The molecule has 0 saturated heterocycles. The maximum Gasteiger partial charge on any atom is 0.325 e. The maximum absolute atomic E-state index is 12.1. The normalized spacial score (nSPS) is 10.8. The number of aromatic nitrogens is 3. The fourth-order valence-corrected chi connectivity index (χ4v) is 4.31. The molecule has 0 bridgehead atoms. The minimum Gasteiger partial charge on any atom is -0.308 e. The molecule has 0 fully saturated rings. The van der Waals surface area contributed by atoms with E-state index in [1.807, 2.05) is 30.3 Å². The number of rotatable bonds is 5. The molecule has 0 aliphatic heterocycles. The Balaban J connectivity index is 1.34. The van der Waals surface area contributed by atoms with Gasteiger partial charge in [-0.3, -0.25) is 10.3 Å². The molecule has 6 nitrogen and oxygen atoms in total. The summed E-state index contributed by atoms with van der Waals surface area (Å²) < 4.78 is 0.757. The number of carbonyl (C=O) groups is 1. The molecule has 0 saturated carbocycles. The molecule has 2 amide bonds. The van der Waals surface area contributed by atoms with Crippen molar-refractivity contribution in [2.24, 2.45) is 0 Å². The molecular formula is C19H14ClN5OS2. The van der Waals surface area contributed by atoms with Gasteiger partial charge in [-0.25, -0.2) is 4.79 Å². The van der Waals surface area contributed by atoms with Crippen LogP contribution in [0.5, 0.6) is 0 Å². The predicted octanol–water partition coefficient (Wildman–Crippen LogP) is 5.68. The van der Waals surface area contributed by atoms with E-state index in [-0.39, 0.29) is 0 Å². The first-order valence-electron chi connectivity index (χ1n) is 8.30. The summed E-state index contributed by atoms with van der Waals surface area (Å²) in [5, 5.41) is 15.6. The van der Waals surface area contributed by atoms with Gasteiger partial charge in [0.1, 0.15) is 0 Å². The van der Waals surface area contributed by atoms with Crippen molar-refractivity contribution in [3.63, 3.8) is 0 Å². The Kier molecular flexibility index (Phi) is 5.70. The minimum absolute atomic E-state index is 0.397. The van der Waals surface area contributed by atoms with Gasteiger partial charge in [-0.15, -0.1) is 10.2 Å². The molecule has 0 radical (unpaired) electrons. The Bertz CT molecular complexity index is 1130. The molecule has 0 atom stereocenters. The second-order valence-electron chi connectivity index (χ2n) is 5.75. The summed E-state index contributed by atoms with van der Waals surface area (Å²) in [6, 6.07) is 18.6. The van der Waals surface area contributed by atoms with E-state index in [1.54, 1.807) is 24.3 Å². The second kappa shape index (κ2) is 8.55. The van der Waals surface area contributed by atoms with Crippen LogP contribution in [0.3, 0.4) is 0 Å². The van der Waals surface area contributed by atoms with Crippen LogP contribution >= 0.6 is 34.7 Å². The average Bonchev–Trinajstić information content (AvgIpc) is 3.13. The molecule has 0 spiro atoms. The van der Waals surface area contributed by atoms with Crippen molar-refractivity contribution >= 4 is 62.5 Å². The molecule has 4 aromatic rings. The van der Waals surface area contributed by atoms with E-state index in [0.29, 0.717) is 21.6 Å². The van der Waals surface area contributed by atoms with Crippen molar-refractivity contribution in [1.82, 2.24) is 15.2 Å². The Morgan fingerprint density at radius 1 is 1.04 bits per heavy atom. The minimum atomic E-state index is -0.397. The van der Waals surface area contributed by atoms with E-state index in [1.165, 1.54) is 23.1 Å². The fraction of sp³-hybridized carbons (Fsp3) is 0.0526. The van der Waals surface area contributed by atoms with E-state index >= 15 is 0 Å². The molecule has 0 aliphatic rings. The number of hydrogen-bond donors (Lipinski definition) is 2. The lowest BCUT2D eigenvalue weighted by atomic mass is 10.2. The first kappa shape index (κ1) is 18.7. The highest BCUT2D eigenvalue weighted by molar-refractivity contribution is 8.00. The van der Waals surface area contributed by atoms with Gasteiger partial charge in [0, 0.05) is 21.8 Å². The number of anilines is 2. The molecule has 4 rings (SSSR count). The highest BCUT2D eigenvalue weighted by atomic mass is 35.5. The van der Waals surface area contributed by atoms with Crippen molar-refractivity contribution in [1.29, 1.82) is 0 Å². The van der Waals surface area contributed by atoms with Gasteiger partial charge < -0.3 is 5.32 Å². The van der Waals surface area contributed by atoms with Crippen molar-refractivity contribution in [2.45, 2.75) is 10.1 Å². The number of fused-ring (bicyclic) bond motifs is 1. The Morgan fingerprint density at radius 3 is 2.82 bits per heavy atom. The van der Waals surface area contributed by atoms with Crippen LogP contribution in [-0.4, -0.2) is 21.2 Å². The summed E-state index contributed by atoms with van der Waals surface area (Å²) in [6.07, 6.45) is 0. The van der Waals surface area contributed by atoms with Gasteiger partial charge in [0.2, 0.25) is 5.13 Å². The first-order valence-corrected chi connectivity index (χ1v) is 10.5. The van der Waals surface area contributed by atoms with Crippen molar-refractivity contribution in [3.8, 4) is 0 Å². The van der Waals surface area contributed by atoms with Gasteiger partial charge in [-0.05, 0) is 30.3 Å². The summed E-state index contributed by atoms with van der Waals surface area (Å²) in [5.74, 6) is 0.675. The van der Waals surface area contributed by atoms with E-state index in [4.69, 9.17) is 11.6 Å². The van der Waals surface area contributed by atoms with Gasteiger partial charge in [-0.2, -0.15) is 0 Å². The van der Waals surface area contributed by atoms with E-state index in [9.17, 15) is 4.79 Å². The second-order valence-corrected chi connectivity index (χ2v) is 8.38. The Hall–Kier alpha value is -2.68. The Morgan fingerprint density at radius 2 is 1.93 bits per heavy atom. The highest BCUT2D eigenvalue weighted by Gasteiger charge is 2.10. The number of urea groups is 1. The van der Waals surface area contributed by atoms with Crippen LogP contribution in [0, 0.1) is 0 Å². The standard InChI is InChI=1S/C19H14ClN5OS2/c20-13-5-3-6-14(10-13)22-17(26)23-18-24-25-19(28-18)27-11-15-9-8-12-4-1-2-7-16(12)21-15/h1-10H,11H2,(H2,22,23,24,26). The summed E-state index contributed by atoms with van der Waals surface area (Å²) in [6.45, 7) is 0. The number of carbonyl (C=O) groups excluding carboxylic acids is 1. The average molecular weight is 428 g/mol. The van der Waals surface area contributed by atoms with Gasteiger partial charge in [0.25, 0.3) is 0 Å². The zero-order valence-corrected chi connectivity index (χ0v) is 16.8. The third kappa shape index (κ3) is 4.78. The molecule has 2 aromatic carbocycles. The lowest BCUT2D eigenvalue weighted by molar-refractivity contribution is 0.262. The third-order valence-electron chi connectivity index (χ3n) is 3.71. The molecular weight excluding hydrogens is 414 g/mol. The summed E-state index contributed by atoms with van der Waals surface area (Å²) in [4.78, 5) is 16.7. The summed E-state index contributed by atoms with van der Waals surface area (Å²) in [7, 11) is 0. The molecule has 0 unspecified atom stereocenters. The van der Waals surface area contributed by atoms with Crippen LogP contribution in [0.25, 0.3) is 10.9 Å². The highest BCUT2D eigenvalue weighted by Crippen LogP contribution is 2.28. The van der Waals surface area contributed by atoms with Crippen LogP contribution in [-0.2, 0) is 5.75 Å². The number of nitrogens with zero attached hydrogens (tertiary/aromatic N) is 3. The predicted molar refractivity (Wildman–Crippen MR) is 115 cm³/mol. The van der Waals surface area contributed by atoms with E-state index in [0.717, 1.165) is 20.9 Å². The van der Waals surface area contributed by atoms with Gasteiger partial charge >= 0.3 is 6.03 Å². The first-order chi connectivity index (χ1) is 13.7. The lowest BCUT2D eigenvalue weighted by Gasteiger charge is -2.04. The topological polar surface area (TPSA) is 79.8 Å². The van der Waals surface area contributed by atoms with Crippen LogP contribution in [0.2, 0.25) is 5.02 Å². The number of thioether (sulfide) groups is 1. The number of nitrogens with one attached hydrogen (secondary N) is 2. The van der Waals surface area contributed by atoms with Gasteiger partial charge in [0.05, 0.1) is 11.2 Å². The number of amides is 2. The number of hydrogen-bond acceptors (Lipinski definition) is 6. The number of benzene rings is 2.